The Labute approximate surface area is 174 Å². The molecule has 0 spiro atoms. The lowest BCUT2D eigenvalue weighted by Crippen LogP contribution is -2.30. The minimum atomic E-state index is 0.108. The van der Waals surface area contributed by atoms with Gasteiger partial charge in [-0.25, -0.2) is 4.98 Å². The second kappa shape index (κ2) is 8.99. The highest BCUT2D eigenvalue weighted by Crippen LogP contribution is 2.34. The summed E-state index contributed by atoms with van der Waals surface area (Å²) in [5.41, 5.74) is 1.36. The molecule has 0 aromatic carbocycles. The van der Waals surface area contributed by atoms with Crippen LogP contribution in [0.3, 0.4) is 0 Å². The van der Waals surface area contributed by atoms with Crippen LogP contribution in [-0.4, -0.2) is 39.2 Å². The molecule has 28 heavy (non-hydrogen) atoms. The Morgan fingerprint density at radius 3 is 2.71 bits per heavy atom. The first-order chi connectivity index (χ1) is 13.7. The molecule has 1 fully saturated rings. The number of thioether (sulfide) groups is 1. The maximum atomic E-state index is 13.4. The highest BCUT2D eigenvalue weighted by atomic mass is 32.2. The van der Waals surface area contributed by atoms with E-state index >= 15 is 0 Å². The molecule has 2 aromatic heterocycles. The molecule has 0 atom stereocenters. The Bertz CT molecular complexity index is 912. The van der Waals surface area contributed by atoms with Crippen LogP contribution in [0.25, 0.3) is 10.2 Å². The number of fused-ring (bicyclic) bond motifs is 3. The summed E-state index contributed by atoms with van der Waals surface area (Å²) in [6.45, 7) is 4.60. The fourth-order valence-electron chi connectivity index (χ4n) is 4.23. The summed E-state index contributed by atoms with van der Waals surface area (Å²) in [6, 6.07) is 0. The van der Waals surface area contributed by atoms with Crippen LogP contribution >= 0.6 is 23.1 Å². The minimum absolute atomic E-state index is 0.108. The molecule has 1 saturated heterocycles. The lowest BCUT2D eigenvalue weighted by Gasteiger charge is -2.16. The molecule has 0 bridgehead atoms. The van der Waals surface area contributed by atoms with Crippen LogP contribution in [0.1, 0.15) is 62.3 Å². The molecule has 0 saturated carbocycles. The molecule has 0 unspecified atom stereocenters. The van der Waals surface area contributed by atoms with Crippen molar-refractivity contribution in [3.05, 3.63) is 20.8 Å². The summed E-state index contributed by atoms with van der Waals surface area (Å²) < 4.78 is 1.85. The Kier molecular flexibility index (Phi) is 6.41. The fraction of sp³-hybridized carbons (Fsp3) is 0.667. The quantitative estimate of drug-likeness (QED) is 0.383. The topological polar surface area (TPSA) is 55.2 Å². The number of nitrogens with zero attached hydrogens (tertiary/aromatic N) is 3. The predicted octanol–water partition coefficient (Wildman–Crippen LogP) is 4.24. The van der Waals surface area contributed by atoms with Gasteiger partial charge >= 0.3 is 0 Å². The number of likely N-dealkylation sites (tertiary alicyclic amines) is 1. The number of carbonyl (C=O) groups is 1. The van der Waals surface area contributed by atoms with E-state index < -0.39 is 0 Å². The third-order valence-electron chi connectivity index (χ3n) is 5.81. The van der Waals surface area contributed by atoms with Gasteiger partial charge in [0.25, 0.3) is 5.56 Å². The summed E-state index contributed by atoms with van der Waals surface area (Å²) in [5, 5.41) is 1.58. The molecule has 1 amide bonds. The Morgan fingerprint density at radius 1 is 1.14 bits per heavy atom. The van der Waals surface area contributed by atoms with Crippen molar-refractivity contribution < 1.29 is 4.79 Å². The Hall–Kier alpha value is -1.34. The third kappa shape index (κ3) is 4.01. The maximum absolute atomic E-state index is 13.4. The number of thiophene rings is 1. The van der Waals surface area contributed by atoms with Gasteiger partial charge in [0.2, 0.25) is 5.91 Å². The van der Waals surface area contributed by atoms with Crippen LogP contribution in [0.5, 0.6) is 0 Å². The second-order valence-corrected chi connectivity index (χ2v) is 9.85. The van der Waals surface area contributed by atoms with Gasteiger partial charge in [0.15, 0.2) is 5.16 Å². The lowest BCUT2D eigenvalue weighted by atomic mass is 9.97. The van der Waals surface area contributed by atoms with Gasteiger partial charge in [-0.05, 0) is 50.5 Å². The van der Waals surface area contributed by atoms with Crippen LogP contribution in [0.4, 0.5) is 0 Å². The second-order valence-electron chi connectivity index (χ2n) is 7.83. The Morgan fingerprint density at radius 2 is 1.93 bits per heavy atom. The van der Waals surface area contributed by atoms with E-state index in [1.165, 1.54) is 28.6 Å². The summed E-state index contributed by atoms with van der Waals surface area (Å²) in [6.07, 6.45) is 9.83. The number of hydrogen-bond acceptors (Lipinski definition) is 5. The van der Waals surface area contributed by atoms with Gasteiger partial charge < -0.3 is 4.90 Å². The molecular weight excluding hydrogens is 390 g/mol. The third-order valence-corrected chi connectivity index (χ3v) is 7.96. The zero-order valence-corrected chi connectivity index (χ0v) is 18.3. The average molecular weight is 420 g/mol. The van der Waals surface area contributed by atoms with E-state index in [2.05, 4.69) is 6.92 Å². The highest BCUT2D eigenvalue weighted by molar-refractivity contribution is 7.99. The molecule has 5 nitrogen and oxygen atoms in total. The van der Waals surface area contributed by atoms with Crippen LogP contribution in [0.15, 0.2) is 9.95 Å². The van der Waals surface area contributed by atoms with Crippen molar-refractivity contribution >= 4 is 39.2 Å². The molecule has 2 aromatic rings. The first-order valence-corrected chi connectivity index (χ1v) is 12.4. The number of amides is 1. The molecule has 0 radical (unpaired) electrons. The zero-order valence-electron chi connectivity index (χ0n) is 16.7. The Balaban J connectivity index is 1.65. The van der Waals surface area contributed by atoms with E-state index in [0.29, 0.717) is 12.3 Å². The van der Waals surface area contributed by atoms with Crippen molar-refractivity contribution in [1.82, 2.24) is 14.5 Å². The molecule has 0 N–H and O–H groups in total. The monoisotopic (exact) mass is 419 g/mol. The van der Waals surface area contributed by atoms with Gasteiger partial charge in [0, 0.05) is 24.5 Å². The van der Waals surface area contributed by atoms with Crippen molar-refractivity contribution in [2.45, 2.75) is 76.4 Å². The number of unbranched alkanes of at least 4 members (excludes halogenated alkanes) is 2. The van der Waals surface area contributed by atoms with Crippen molar-refractivity contribution in [1.29, 1.82) is 0 Å². The maximum Gasteiger partial charge on any atom is 0.263 e. The summed E-state index contributed by atoms with van der Waals surface area (Å²) >= 11 is 3.13. The normalized spacial score (nSPS) is 16.7. The van der Waals surface area contributed by atoms with E-state index in [1.54, 1.807) is 11.3 Å². The van der Waals surface area contributed by atoms with Gasteiger partial charge in [0.05, 0.1) is 11.1 Å². The van der Waals surface area contributed by atoms with E-state index in [1.807, 2.05) is 9.47 Å². The molecule has 152 valence electrons. The van der Waals surface area contributed by atoms with E-state index in [0.717, 1.165) is 79.8 Å². The van der Waals surface area contributed by atoms with Gasteiger partial charge in [0.1, 0.15) is 4.83 Å². The van der Waals surface area contributed by atoms with E-state index in [9.17, 15) is 9.59 Å². The first kappa shape index (κ1) is 20.0. The predicted molar refractivity (Wildman–Crippen MR) is 117 cm³/mol. The molecule has 1 aliphatic heterocycles. The fourth-order valence-corrected chi connectivity index (χ4v) is 6.46. The van der Waals surface area contributed by atoms with Gasteiger partial charge in [-0.15, -0.1) is 11.3 Å². The van der Waals surface area contributed by atoms with E-state index in [4.69, 9.17) is 4.98 Å². The number of aromatic nitrogens is 2. The van der Waals surface area contributed by atoms with E-state index in [-0.39, 0.29) is 11.5 Å². The van der Waals surface area contributed by atoms with Gasteiger partial charge in [-0.1, -0.05) is 31.5 Å². The molecule has 4 rings (SSSR count). The molecular formula is C21H29N3O2S2. The van der Waals surface area contributed by atoms with Crippen LogP contribution in [0, 0.1) is 0 Å². The van der Waals surface area contributed by atoms with Crippen molar-refractivity contribution in [2.24, 2.45) is 0 Å². The molecule has 3 heterocycles. The van der Waals surface area contributed by atoms with Crippen LogP contribution in [0.2, 0.25) is 0 Å². The van der Waals surface area contributed by atoms with Crippen LogP contribution < -0.4 is 5.56 Å². The average Bonchev–Trinajstić information content (AvgIpc) is 3.35. The van der Waals surface area contributed by atoms with Crippen molar-refractivity contribution in [3.8, 4) is 0 Å². The van der Waals surface area contributed by atoms with Crippen molar-refractivity contribution in [2.75, 3.05) is 18.8 Å². The minimum Gasteiger partial charge on any atom is -0.342 e. The van der Waals surface area contributed by atoms with Crippen LogP contribution in [-0.2, 0) is 24.2 Å². The largest absolute Gasteiger partial charge is 0.342 e. The summed E-state index contributed by atoms with van der Waals surface area (Å²) in [4.78, 5) is 34.9. The lowest BCUT2D eigenvalue weighted by molar-refractivity contribution is -0.127. The van der Waals surface area contributed by atoms with Gasteiger partial charge in [-0.3, -0.25) is 14.2 Å². The molecule has 2 aliphatic rings. The highest BCUT2D eigenvalue weighted by Gasteiger charge is 2.23. The summed E-state index contributed by atoms with van der Waals surface area (Å²) in [7, 11) is 0. The number of aryl methyl sites for hydroxylation is 2. The smallest absolute Gasteiger partial charge is 0.263 e. The molecule has 7 heteroatoms. The number of hydrogen-bond donors (Lipinski definition) is 0. The number of rotatable bonds is 7. The SMILES string of the molecule is CCCCCn1c(SCC(=O)N2CCCC2)nc2sc3c(c2c1=O)CCCC3. The first-order valence-electron chi connectivity index (χ1n) is 10.6. The van der Waals surface area contributed by atoms with Gasteiger partial charge in [-0.2, -0.15) is 0 Å². The standard InChI is InChI=1S/C21H29N3O2S2/c1-2-3-6-13-24-20(26)18-15-9-4-5-10-16(15)28-19(18)22-21(24)27-14-17(25)23-11-7-8-12-23/h2-14H2,1H3. The van der Waals surface area contributed by atoms with Crippen molar-refractivity contribution in [3.63, 3.8) is 0 Å². The number of carbonyl (C=O) groups excluding carboxylic acids is 1. The summed E-state index contributed by atoms with van der Waals surface area (Å²) in [5.74, 6) is 0.541. The zero-order chi connectivity index (χ0) is 19.5. The molecule has 1 aliphatic carbocycles.